The number of carbonyl (C=O) groups is 3. The van der Waals surface area contributed by atoms with Gasteiger partial charge >= 0.3 is 0 Å². The van der Waals surface area contributed by atoms with Gasteiger partial charge in [-0.1, -0.05) is 11.6 Å². The molecule has 2 atom stereocenters. The number of amides is 3. The summed E-state index contributed by atoms with van der Waals surface area (Å²) in [4.78, 5) is 39.6. The van der Waals surface area contributed by atoms with Crippen molar-refractivity contribution in [1.82, 2.24) is 14.8 Å². The SMILES string of the molecule is Cn1cccc1C(=O)N[C@H]1CCN2C(=O)c3ccc(Cl)cc3NC(=O)[C@@H]2C1. The van der Waals surface area contributed by atoms with E-state index in [1.807, 2.05) is 0 Å². The number of halogens is 1. The summed E-state index contributed by atoms with van der Waals surface area (Å²) >= 11 is 5.99. The quantitative estimate of drug-likeness (QED) is 0.828. The molecule has 8 heteroatoms. The van der Waals surface area contributed by atoms with Crippen LogP contribution < -0.4 is 10.6 Å². The number of nitrogens with zero attached hydrogens (tertiary/aromatic N) is 2. The molecule has 0 bridgehead atoms. The fourth-order valence-electron chi connectivity index (χ4n) is 3.72. The van der Waals surface area contributed by atoms with Crippen LogP contribution in [0.1, 0.15) is 33.7 Å². The van der Waals surface area contributed by atoms with E-state index in [4.69, 9.17) is 11.6 Å². The zero-order valence-corrected chi connectivity index (χ0v) is 15.5. The Morgan fingerprint density at radius 3 is 2.85 bits per heavy atom. The Balaban J connectivity index is 1.53. The minimum absolute atomic E-state index is 0.183. The molecule has 0 unspecified atom stereocenters. The number of fused-ring (bicyclic) bond motifs is 2. The standard InChI is InChI=1S/C19H19ClN4O3/c1-23-7-2-3-15(23)17(25)21-12-6-8-24-16(10-12)18(26)22-14-9-11(20)4-5-13(14)19(24)27/h2-5,7,9,12,16H,6,8,10H2,1H3,(H,21,25)(H,22,26)/t12-,16-/m0/s1. The molecular weight excluding hydrogens is 368 g/mol. The molecule has 4 rings (SSSR count). The highest BCUT2D eigenvalue weighted by Crippen LogP contribution is 2.30. The second-order valence-electron chi connectivity index (χ2n) is 6.89. The first kappa shape index (κ1) is 17.6. The zero-order valence-electron chi connectivity index (χ0n) is 14.7. The van der Waals surface area contributed by atoms with Gasteiger partial charge in [0.05, 0.1) is 11.3 Å². The fourth-order valence-corrected chi connectivity index (χ4v) is 3.89. The number of aromatic nitrogens is 1. The van der Waals surface area contributed by atoms with Gasteiger partial charge in [-0.2, -0.15) is 0 Å². The number of benzene rings is 1. The minimum atomic E-state index is -0.629. The van der Waals surface area contributed by atoms with Gasteiger partial charge in [0.1, 0.15) is 11.7 Å². The molecule has 2 aromatic rings. The predicted octanol–water partition coefficient (Wildman–Crippen LogP) is 2.03. The number of aryl methyl sites for hydroxylation is 1. The van der Waals surface area contributed by atoms with Crippen molar-refractivity contribution in [2.45, 2.75) is 24.9 Å². The lowest BCUT2D eigenvalue weighted by Gasteiger charge is -2.37. The van der Waals surface area contributed by atoms with Gasteiger partial charge in [-0.3, -0.25) is 14.4 Å². The van der Waals surface area contributed by atoms with Gasteiger partial charge in [-0.05, 0) is 43.2 Å². The summed E-state index contributed by atoms with van der Waals surface area (Å²) in [5, 5.41) is 6.24. The summed E-state index contributed by atoms with van der Waals surface area (Å²) in [7, 11) is 1.80. The molecular formula is C19H19ClN4O3. The predicted molar refractivity (Wildman–Crippen MR) is 101 cm³/mol. The molecule has 1 aromatic heterocycles. The van der Waals surface area contributed by atoms with Crippen molar-refractivity contribution in [3.05, 3.63) is 52.8 Å². The average Bonchev–Trinajstić information content (AvgIpc) is 3.03. The Morgan fingerprint density at radius 1 is 1.30 bits per heavy atom. The van der Waals surface area contributed by atoms with E-state index in [1.165, 1.54) is 0 Å². The van der Waals surface area contributed by atoms with Crippen molar-refractivity contribution >= 4 is 35.0 Å². The van der Waals surface area contributed by atoms with Gasteiger partial charge in [0.25, 0.3) is 11.8 Å². The van der Waals surface area contributed by atoms with E-state index in [0.29, 0.717) is 41.4 Å². The first-order chi connectivity index (χ1) is 12.9. The van der Waals surface area contributed by atoms with Gasteiger partial charge in [0, 0.05) is 30.9 Å². The van der Waals surface area contributed by atoms with Crippen LogP contribution in [0.5, 0.6) is 0 Å². The molecule has 0 saturated carbocycles. The molecule has 7 nitrogen and oxygen atoms in total. The Labute approximate surface area is 161 Å². The van der Waals surface area contributed by atoms with Gasteiger partial charge in [-0.25, -0.2) is 0 Å². The molecule has 1 saturated heterocycles. The van der Waals surface area contributed by atoms with Crippen molar-refractivity contribution < 1.29 is 14.4 Å². The monoisotopic (exact) mass is 386 g/mol. The number of nitrogens with one attached hydrogen (secondary N) is 2. The Bertz CT molecular complexity index is 939. The van der Waals surface area contributed by atoms with E-state index in [0.717, 1.165) is 0 Å². The number of rotatable bonds is 2. The van der Waals surface area contributed by atoms with Crippen LogP contribution in [0.15, 0.2) is 36.5 Å². The Hall–Kier alpha value is -2.80. The highest BCUT2D eigenvalue weighted by molar-refractivity contribution is 6.31. The molecule has 2 aliphatic rings. The van der Waals surface area contributed by atoms with Gasteiger partial charge < -0.3 is 20.1 Å². The molecule has 27 heavy (non-hydrogen) atoms. The Kier molecular flexibility index (Phi) is 4.39. The second kappa shape index (κ2) is 6.74. The molecule has 1 fully saturated rings. The van der Waals surface area contributed by atoms with E-state index in [9.17, 15) is 14.4 Å². The van der Waals surface area contributed by atoms with E-state index in [1.54, 1.807) is 53.0 Å². The van der Waals surface area contributed by atoms with E-state index in [-0.39, 0.29) is 23.8 Å². The topological polar surface area (TPSA) is 83.4 Å². The zero-order chi connectivity index (χ0) is 19.1. The molecule has 3 amide bonds. The molecule has 0 radical (unpaired) electrons. The first-order valence-corrected chi connectivity index (χ1v) is 9.15. The highest BCUT2D eigenvalue weighted by Gasteiger charge is 2.40. The number of anilines is 1. The third kappa shape index (κ3) is 3.19. The van der Waals surface area contributed by atoms with Crippen LogP contribution in [0.3, 0.4) is 0 Å². The maximum atomic E-state index is 12.9. The molecule has 2 N–H and O–H groups in total. The van der Waals surface area contributed by atoms with Crippen LogP contribution in [0.25, 0.3) is 0 Å². The lowest BCUT2D eigenvalue weighted by Crippen LogP contribution is -2.55. The van der Waals surface area contributed by atoms with E-state index >= 15 is 0 Å². The summed E-state index contributed by atoms with van der Waals surface area (Å²) in [6, 6.07) is 7.58. The smallest absolute Gasteiger partial charge is 0.268 e. The largest absolute Gasteiger partial charge is 0.348 e. The van der Waals surface area contributed by atoms with Gasteiger partial charge in [0.15, 0.2) is 0 Å². The number of carbonyl (C=O) groups excluding carboxylic acids is 3. The molecule has 140 valence electrons. The van der Waals surface area contributed by atoms with Crippen LogP contribution >= 0.6 is 11.6 Å². The van der Waals surface area contributed by atoms with Crippen molar-refractivity contribution in [1.29, 1.82) is 0 Å². The van der Waals surface area contributed by atoms with Crippen LogP contribution in [-0.4, -0.2) is 45.8 Å². The van der Waals surface area contributed by atoms with Gasteiger partial charge in [-0.15, -0.1) is 0 Å². The number of piperidine rings is 1. The summed E-state index contributed by atoms with van der Waals surface area (Å²) < 4.78 is 1.74. The third-order valence-corrected chi connectivity index (χ3v) is 5.38. The Morgan fingerprint density at radius 2 is 2.11 bits per heavy atom. The van der Waals surface area contributed by atoms with Crippen LogP contribution in [0.4, 0.5) is 5.69 Å². The molecule has 1 aromatic carbocycles. The molecule has 2 aliphatic heterocycles. The summed E-state index contributed by atoms with van der Waals surface area (Å²) in [5.41, 5.74) is 1.42. The van der Waals surface area contributed by atoms with Crippen molar-refractivity contribution in [3.8, 4) is 0 Å². The number of hydrogen-bond acceptors (Lipinski definition) is 3. The summed E-state index contributed by atoms with van der Waals surface area (Å²) in [6.07, 6.45) is 2.77. The fraction of sp³-hybridized carbons (Fsp3) is 0.316. The normalized spacial score (nSPS) is 21.8. The average molecular weight is 387 g/mol. The molecule has 3 heterocycles. The van der Waals surface area contributed by atoms with Crippen LogP contribution in [-0.2, 0) is 11.8 Å². The van der Waals surface area contributed by atoms with E-state index in [2.05, 4.69) is 10.6 Å². The van der Waals surface area contributed by atoms with Crippen LogP contribution in [0.2, 0.25) is 5.02 Å². The van der Waals surface area contributed by atoms with Crippen molar-refractivity contribution in [3.63, 3.8) is 0 Å². The number of hydrogen-bond donors (Lipinski definition) is 2. The first-order valence-electron chi connectivity index (χ1n) is 8.77. The maximum absolute atomic E-state index is 12.9. The molecule has 0 aliphatic carbocycles. The minimum Gasteiger partial charge on any atom is -0.348 e. The van der Waals surface area contributed by atoms with Crippen molar-refractivity contribution in [2.75, 3.05) is 11.9 Å². The third-order valence-electron chi connectivity index (χ3n) is 5.15. The van der Waals surface area contributed by atoms with Crippen LogP contribution in [0, 0.1) is 0 Å². The highest BCUT2D eigenvalue weighted by atomic mass is 35.5. The lowest BCUT2D eigenvalue weighted by molar-refractivity contribution is -0.121. The van der Waals surface area contributed by atoms with Gasteiger partial charge in [0.2, 0.25) is 5.91 Å². The summed E-state index contributed by atoms with van der Waals surface area (Å²) in [6.45, 7) is 0.400. The van der Waals surface area contributed by atoms with Crippen molar-refractivity contribution in [2.24, 2.45) is 7.05 Å². The van der Waals surface area contributed by atoms with E-state index < -0.39 is 6.04 Å². The maximum Gasteiger partial charge on any atom is 0.268 e. The lowest BCUT2D eigenvalue weighted by atomic mass is 9.96. The summed E-state index contributed by atoms with van der Waals surface area (Å²) in [5.74, 6) is -0.643. The second-order valence-corrected chi connectivity index (χ2v) is 7.33. The molecule has 0 spiro atoms.